The lowest BCUT2D eigenvalue weighted by molar-refractivity contribution is -0.384. The van der Waals surface area contributed by atoms with Crippen molar-refractivity contribution in [3.05, 3.63) is 28.3 Å². The first-order chi connectivity index (χ1) is 8.47. The third kappa shape index (κ3) is 2.55. The van der Waals surface area contributed by atoms with E-state index in [0.717, 1.165) is 25.2 Å². The van der Waals surface area contributed by atoms with E-state index in [4.69, 9.17) is 5.73 Å². The highest BCUT2D eigenvalue weighted by molar-refractivity contribution is 5.63. The number of nitrogens with two attached hydrogens (primary N) is 1. The summed E-state index contributed by atoms with van der Waals surface area (Å²) in [6, 6.07) is 4.83. The second kappa shape index (κ2) is 4.84. The first-order valence-electron chi connectivity index (χ1n) is 6.27. The molecule has 1 fully saturated rings. The standard InChI is InChI=1S/C13H19N3O2/c1-9(2)10-3-4-15(8-10)12-5-11(14)6-13(7-12)16(17)18/h5-7,9-10H,3-4,8,14H2,1-2H3. The molecule has 2 rings (SSSR count). The highest BCUT2D eigenvalue weighted by Crippen LogP contribution is 2.31. The molecule has 1 heterocycles. The molecule has 1 unspecified atom stereocenters. The van der Waals surface area contributed by atoms with Crippen molar-refractivity contribution < 1.29 is 4.92 Å². The SMILES string of the molecule is CC(C)C1CCN(c2cc(N)cc([N+](=O)[O-])c2)C1. The Morgan fingerprint density at radius 1 is 1.44 bits per heavy atom. The molecule has 1 saturated heterocycles. The molecule has 0 amide bonds. The molecular weight excluding hydrogens is 230 g/mol. The summed E-state index contributed by atoms with van der Waals surface area (Å²) in [4.78, 5) is 12.6. The average Bonchev–Trinajstić information content (AvgIpc) is 2.77. The number of nitrogen functional groups attached to an aromatic ring is 1. The Hall–Kier alpha value is -1.78. The fraction of sp³-hybridized carbons (Fsp3) is 0.538. The molecule has 0 aliphatic carbocycles. The number of nitro benzene ring substituents is 1. The summed E-state index contributed by atoms with van der Waals surface area (Å²) < 4.78 is 0. The molecule has 1 aliphatic heterocycles. The molecule has 98 valence electrons. The summed E-state index contributed by atoms with van der Waals surface area (Å²) >= 11 is 0. The predicted octanol–water partition coefficient (Wildman–Crippen LogP) is 2.66. The van der Waals surface area contributed by atoms with E-state index < -0.39 is 4.92 Å². The zero-order chi connectivity index (χ0) is 13.3. The lowest BCUT2D eigenvalue weighted by Gasteiger charge is -2.20. The third-order valence-corrected chi connectivity index (χ3v) is 3.67. The van der Waals surface area contributed by atoms with Crippen LogP contribution in [0.2, 0.25) is 0 Å². The smallest absolute Gasteiger partial charge is 0.273 e. The monoisotopic (exact) mass is 249 g/mol. The van der Waals surface area contributed by atoms with Gasteiger partial charge in [0.2, 0.25) is 0 Å². The van der Waals surface area contributed by atoms with Crippen LogP contribution in [0, 0.1) is 22.0 Å². The predicted molar refractivity (Wildman–Crippen MR) is 72.7 cm³/mol. The van der Waals surface area contributed by atoms with E-state index >= 15 is 0 Å². The number of rotatable bonds is 3. The molecule has 1 aliphatic rings. The van der Waals surface area contributed by atoms with Crippen molar-refractivity contribution in [1.82, 2.24) is 0 Å². The van der Waals surface area contributed by atoms with Crippen LogP contribution in [0.5, 0.6) is 0 Å². The van der Waals surface area contributed by atoms with Gasteiger partial charge in [-0.25, -0.2) is 0 Å². The van der Waals surface area contributed by atoms with Gasteiger partial charge in [-0.1, -0.05) is 13.8 Å². The minimum Gasteiger partial charge on any atom is -0.398 e. The van der Waals surface area contributed by atoms with Crippen LogP contribution in [0.3, 0.4) is 0 Å². The van der Waals surface area contributed by atoms with Crippen LogP contribution >= 0.6 is 0 Å². The highest BCUT2D eigenvalue weighted by atomic mass is 16.6. The van der Waals surface area contributed by atoms with Crippen LogP contribution in [-0.4, -0.2) is 18.0 Å². The van der Waals surface area contributed by atoms with Crippen molar-refractivity contribution in [2.45, 2.75) is 20.3 Å². The Morgan fingerprint density at radius 2 is 2.17 bits per heavy atom. The van der Waals surface area contributed by atoms with Crippen LogP contribution < -0.4 is 10.6 Å². The molecule has 0 aromatic heterocycles. The fourth-order valence-corrected chi connectivity index (χ4v) is 2.47. The van der Waals surface area contributed by atoms with E-state index in [-0.39, 0.29) is 5.69 Å². The molecule has 5 heteroatoms. The molecule has 0 saturated carbocycles. The van der Waals surface area contributed by atoms with Crippen LogP contribution in [0.15, 0.2) is 18.2 Å². The number of nitro groups is 1. The normalized spacial score (nSPS) is 19.5. The molecule has 1 aromatic rings. The van der Waals surface area contributed by atoms with Gasteiger partial charge in [0.15, 0.2) is 0 Å². The molecular formula is C13H19N3O2. The zero-order valence-corrected chi connectivity index (χ0v) is 10.8. The first-order valence-corrected chi connectivity index (χ1v) is 6.27. The highest BCUT2D eigenvalue weighted by Gasteiger charge is 2.26. The van der Waals surface area contributed by atoms with E-state index in [0.29, 0.717) is 17.5 Å². The van der Waals surface area contributed by atoms with Crippen LogP contribution in [0.4, 0.5) is 17.1 Å². The summed E-state index contributed by atoms with van der Waals surface area (Å²) in [6.45, 7) is 6.34. The molecule has 5 nitrogen and oxygen atoms in total. The number of hydrogen-bond acceptors (Lipinski definition) is 4. The lowest BCUT2D eigenvalue weighted by Crippen LogP contribution is -2.21. The Balaban J connectivity index is 2.21. The molecule has 18 heavy (non-hydrogen) atoms. The van der Waals surface area contributed by atoms with Gasteiger partial charge < -0.3 is 10.6 Å². The Morgan fingerprint density at radius 3 is 2.72 bits per heavy atom. The van der Waals surface area contributed by atoms with E-state index in [1.807, 2.05) is 6.07 Å². The lowest BCUT2D eigenvalue weighted by atomic mass is 9.95. The van der Waals surface area contributed by atoms with Crippen LogP contribution in [-0.2, 0) is 0 Å². The zero-order valence-electron chi connectivity index (χ0n) is 10.8. The first kappa shape index (κ1) is 12.7. The van der Waals surface area contributed by atoms with Gasteiger partial charge in [0.25, 0.3) is 5.69 Å². The minimum atomic E-state index is -0.393. The van der Waals surface area contributed by atoms with Crippen molar-refractivity contribution in [3.8, 4) is 0 Å². The van der Waals surface area contributed by atoms with Gasteiger partial charge in [-0.05, 0) is 24.3 Å². The topological polar surface area (TPSA) is 72.4 Å². The molecule has 1 atom stereocenters. The summed E-state index contributed by atoms with van der Waals surface area (Å²) in [5, 5.41) is 10.8. The maximum atomic E-state index is 10.8. The Bertz CT molecular complexity index is 460. The molecule has 0 spiro atoms. The Labute approximate surface area is 107 Å². The summed E-state index contributed by atoms with van der Waals surface area (Å²) in [5.74, 6) is 1.30. The fourth-order valence-electron chi connectivity index (χ4n) is 2.47. The van der Waals surface area contributed by atoms with E-state index in [1.165, 1.54) is 6.07 Å². The van der Waals surface area contributed by atoms with Gasteiger partial charge in [0, 0.05) is 36.6 Å². The van der Waals surface area contributed by atoms with Gasteiger partial charge in [0.05, 0.1) is 4.92 Å². The number of nitrogens with zero attached hydrogens (tertiary/aromatic N) is 2. The van der Waals surface area contributed by atoms with Crippen molar-refractivity contribution in [1.29, 1.82) is 0 Å². The molecule has 1 aromatic carbocycles. The average molecular weight is 249 g/mol. The van der Waals surface area contributed by atoms with E-state index in [9.17, 15) is 10.1 Å². The summed E-state index contributed by atoms with van der Waals surface area (Å²) in [5.41, 5.74) is 7.11. The van der Waals surface area contributed by atoms with Crippen molar-refractivity contribution in [2.75, 3.05) is 23.7 Å². The second-order valence-corrected chi connectivity index (χ2v) is 5.28. The maximum absolute atomic E-state index is 10.8. The van der Waals surface area contributed by atoms with Crippen molar-refractivity contribution >= 4 is 17.1 Å². The van der Waals surface area contributed by atoms with Gasteiger partial charge in [-0.2, -0.15) is 0 Å². The summed E-state index contributed by atoms with van der Waals surface area (Å²) in [7, 11) is 0. The quantitative estimate of drug-likeness (QED) is 0.508. The van der Waals surface area contributed by atoms with Gasteiger partial charge >= 0.3 is 0 Å². The van der Waals surface area contributed by atoms with E-state index in [2.05, 4.69) is 18.7 Å². The molecule has 2 N–H and O–H groups in total. The molecule has 0 radical (unpaired) electrons. The van der Waals surface area contributed by atoms with Gasteiger partial charge in [-0.3, -0.25) is 10.1 Å². The number of anilines is 2. The van der Waals surface area contributed by atoms with Gasteiger partial charge in [0.1, 0.15) is 0 Å². The Kier molecular flexibility index (Phi) is 3.41. The number of hydrogen-bond donors (Lipinski definition) is 1. The molecule has 0 bridgehead atoms. The largest absolute Gasteiger partial charge is 0.398 e. The van der Waals surface area contributed by atoms with E-state index in [1.54, 1.807) is 6.07 Å². The second-order valence-electron chi connectivity index (χ2n) is 5.28. The van der Waals surface area contributed by atoms with Crippen molar-refractivity contribution in [2.24, 2.45) is 11.8 Å². The number of benzene rings is 1. The van der Waals surface area contributed by atoms with Crippen LogP contribution in [0.1, 0.15) is 20.3 Å². The summed E-state index contributed by atoms with van der Waals surface area (Å²) in [6.07, 6.45) is 1.14. The van der Waals surface area contributed by atoms with Crippen LogP contribution in [0.25, 0.3) is 0 Å². The van der Waals surface area contributed by atoms with Gasteiger partial charge in [-0.15, -0.1) is 0 Å². The number of non-ortho nitro benzene ring substituents is 1. The minimum absolute atomic E-state index is 0.0676. The third-order valence-electron chi connectivity index (χ3n) is 3.67. The van der Waals surface area contributed by atoms with Crippen molar-refractivity contribution in [3.63, 3.8) is 0 Å². The maximum Gasteiger partial charge on any atom is 0.273 e.